The van der Waals surface area contributed by atoms with Gasteiger partial charge in [-0.2, -0.15) is 0 Å². The zero-order valence-electron chi connectivity index (χ0n) is 15.8. The smallest absolute Gasteiger partial charge is 0.335 e. The summed E-state index contributed by atoms with van der Waals surface area (Å²) in [5, 5.41) is 2.81. The number of imide groups is 2. The van der Waals surface area contributed by atoms with Gasteiger partial charge in [0.2, 0.25) is 0 Å². The number of carbonyl (C=O) groups is 3. The van der Waals surface area contributed by atoms with Crippen LogP contribution in [0.25, 0.3) is 6.08 Å². The summed E-state index contributed by atoms with van der Waals surface area (Å²) >= 11 is 12.1. The number of methoxy groups -OCH3 is 1. The second kappa shape index (κ2) is 9.02. The minimum absolute atomic E-state index is 0.218. The number of urea groups is 1. The lowest BCUT2D eigenvalue weighted by Crippen LogP contribution is -2.54. The van der Waals surface area contributed by atoms with Gasteiger partial charge in [-0.25, -0.2) is 9.69 Å². The Morgan fingerprint density at radius 1 is 1.13 bits per heavy atom. The van der Waals surface area contributed by atoms with Gasteiger partial charge in [-0.3, -0.25) is 14.9 Å². The maximum Gasteiger partial charge on any atom is 0.335 e. The first kappa shape index (κ1) is 21.4. The van der Waals surface area contributed by atoms with Gasteiger partial charge in [0, 0.05) is 5.02 Å². The van der Waals surface area contributed by atoms with Crippen LogP contribution in [0, 0.1) is 0 Å². The third kappa shape index (κ3) is 4.32. The van der Waals surface area contributed by atoms with Crippen molar-refractivity contribution in [1.29, 1.82) is 0 Å². The third-order valence-electron chi connectivity index (χ3n) is 4.09. The molecule has 1 heterocycles. The Bertz CT molecular complexity index is 1060. The minimum atomic E-state index is -0.853. The van der Waals surface area contributed by atoms with Gasteiger partial charge in [-0.15, -0.1) is 0 Å². The molecular weight excluding hydrogens is 431 g/mol. The van der Waals surface area contributed by atoms with Crippen LogP contribution in [0.15, 0.2) is 54.6 Å². The number of carbonyl (C=O) groups excluding carboxylic acids is 3. The van der Waals surface area contributed by atoms with E-state index in [2.05, 4.69) is 11.9 Å². The SMILES string of the molecule is C=CCOc1c(Cl)cc(C=C2C(=O)NC(=O)N(c3ccc(Cl)cc3)C2=O)cc1OC. The number of benzene rings is 2. The number of ether oxygens (including phenoxy) is 2. The van der Waals surface area contributed by atoms with E-state index >= 15 is 0 Å². The second-order valence-electron chi connectivity index (χ2n) is 6.07. The Hall–Kier alpha value is -3.29. The highest BCUT2D eigenvalue weighted by Crippen LogP contribution is 2.37. The maximum atomic E-state index is 12.9. The van der Waals surface area contributed by atoms with Gasteiger partial charge >= 0.3 is 6.03 Å². The van der Waals surface area contributed by atoms with Gasteiger partial charge < -0.3 is 9.47 Å². The number of nitrogens with one attached hydrogen (secondary N) is 1. The molecule has 0 aromatic heterocycles. The standard InChI is InChI=1S/C21H16Cl2N2O5/c1-3-8-30-18-16(23)10-12(11-17(18)29-2)9-15-19(26)24-21(28)25(20(15)27)14-6-4-13(22)5-7-14/h3-7,9-11H,1,8H2,2H3,(H,24,26,28). The summed E-state index contributed by atoms with van der Waals surface area (Å²) in [5.74, 6) is -0.991. The summed E-state index contributed by atoms with van der Waals surface area (Å²) in [6.07, 6.45) is 2.87. The quantitative estimate of drug-likeness (QED) is 0.407. The highest BCUT2D eigenvalue weighted by Gasteiger charge is 2.36. The van der Waals surface area contributed by atoms with Crippen molar-refractivity contribution in [3.8, 4) is 11.5 Å². The number of amides is 4. The van der Waals surface area contributed by atoms with Crippen molar-refractivity contribution < 1.29 is 23.9 Å². The lowest BCUT2D eigenvalue weighted by atomic mass is 10.1. The molecule has 1 aliphatic rings. The molecule has 1 fully saturated rings. The van der Waals surface area contributed by atoms with Crippen molar-refractivity contribution in [3.63, 3.8) is 0 Å². The van der Waals surface area contributed by atoms with Crippen LogP contribution in [0.4, 0.5) is 10.5 Å². The molecule has 0 radical (unpaired) electrons. The molecule has 2 aromatic rings. The second-order valence-corrected chi connectivity index (χ2v) is 6.91. The van der Waals surface area contributed by atoms with Gasteiger partial charge in [0.25, 0.3) is 11.8 Å². The van der Waals surface area contributed by atoms with Crippen LogP contribution >= 0.6 is 23.2 Å². The zero-order valence-corrected chi connectivity index (χ0v) is 17.3. The van der Waals surface area contributed by atoms with Gasteiger partial charge in [0.1, 0.15) is 12.2 Å². The van der Waals surface area contributed by atoms with Crippen molar-refractivity contribution in [2.75, 3.05) is 18.6 Å². The lowest BCUT2D eigenvalue weighted by molar-refractivity contribution is -0.122. The lowest BCUT2D eigenvalue weighted by Gasteiger charge is -2.26. The summed E-state index contributed by atoms with van der Waals surface area (Å²) in [4.78, 5) is 38.4. The first-order chi connectivity index (χ1) is 14.3. The number of hydrogen-bond donors (Lipinski definition) is 1. The van der Waals surface area contributed by atoms with Crippen LogP contribution < -0.4 is 19.7 Å². The molecule has 0 spiro atoms. The van der Waals surface area contributed by atoms with E-state index < -0.39 is 17.8 Å². The first-order valence-electron chi connectivity index (χ1n) is 8.64. The fraction of sp³-hybridized carbons (Fsp3) is 0.0952. The Morgan fingerprint density at radius 2 is 1.83 bits per heavy atom. The summed E-state index contributed by atoms with van der Waals surface area (Å²) < 4.78 is 10.8. The molecule has 7 nitrogen and oxygen atoms in total. The molecule has 1 saturated heterocycles. The molecule has 154 valence electrons. The largest absolute Gasteiger partial charge is 0.493 e. The van der Waals surface area contributed by atoms with E-state index in [9.17, 15) is 14.4 Å². The number of rotatable bonds is 6. The molecule has 0 aliphatic carbocycles. The van der Waals surface area contributed by atoms with Gasteiger partial charge in [-0.1, -0.05) is 35.9 Å². The summed E-state index contributed by atoms with van der Waals surface area (Å²) in [6.45, 7) is 3.79. The van der Waals surface area contributed by atoms with Crippen molar-refractivity contribution >= 4 is 52.8 Å². The molecular formula is C21H16Cl2N2O5. The van der Waals surface area contributed by atoms with Crippen molar-refractivity contribution in [2.24, 2.45) is 0 Å². The maximum absolute atomic E-state index is 12.9. The predicted octanol–water partition coefficient (Wildman–Crippen LogP) is 4.23. The molecule has 2 aromatic carbocycles. The number of halogens is 2. The van der Waals surface area contributed by atoms with Gasteiger partial charge in [0.05, 0.1) is 17.8 Å². The minimum Gasteiger partial charge on any atom is -0.493 e. The Kier molecular flexibility index (Phi) is 6.44. The topological polar surface area (TPSA) is 84.9 Å². The molecule has 1 N–H and O–H groups in total. The summed E-state index contributed by atoms with van der Waals surface area (Å²) in [5.41, 5.74) is 0.429. The van der Waals surface area contributed by atoms with Crippen molar-refractivity contribution in [2.45, 2.75) is 0 Å². The molecule has 0 saturated carbocycles. The van der Waals surface area contributed by atoms with Gasteiger partial charge in [-0.05, 0) is 48.0 Å². The summed E-state index contributed by atoms with van der Waals surface area (Å²) in [6, 6.07) is 8.28. The third-order valence-corrected chi connectivity index (χ3v) is 4.63. The number of barbiturate groups is 1. The van der Waals surface area contributed by atoms with E-state index in [0.717, 1.165) is 4.90 Å². The molecule has 0 atom stereocenters. The Labute approximate surface area is 182 Å². The van der Waals surface area contributed by atoms with Crippen LogP contribution in [0.2, 0.25) is 10.0 Å². The highest BCUT2D eigenvalue weighted by atomic mass is 35.5. The molecule has 1 aliphatic heterocycles. The molecule has 3 rings (SSSR count). The van der Waals surface area contributed by atoms with Gasteiger partial charge in [0.15, 0.2) is 11.5 Å². The van der Waals surface area contributed by atoms with Crippen LogP contribution in [0.1, 0.15) is 5.56 Å². The summed E-state index contributed by atoms with van der Waals surface area (Å²) in [7, 11) is 1.43. The monoisotopic (exact) mass is 446 g/mol. The normalized spacial score (nSPS) is 15.2. The van der Waals surface area contributed by atoms with Crippen LogP contribution in [0.3, 0.4) is 0 Å². The number of anilines is 1. The van der Waals surface area contributed by atoms with E-state index in [4.69, 9.17) is 32.7 Å². The molecule has 0 unspecified atom stereocenters. The fourth-order valence-electron chi connectivity index (χ4n) is 2.75. The van der Waals surface area contributed by atoms with Crippen LogP contribution in [-0.2, 0) is 9.59 Å². The molecule has 30 heavy (non-hydrogen) atoms. The number of nitrogens with zero attached hydrogens (tertiary/aromatic N) is 1. The average Bonchev–Trinajstić information content (AvgIpc) is 2.71. The van der Waals surface area contributed by atoms with Crippen LogP contribution in [0.5, 0.6) is 11.5 Å². The van der Waals surface area contributed by atoms with E-state index in [1.54, 1.807) is 12.1 Å². The zero-order chi connectivity index (χ0) is 21.8. The highest BCUT2D eigenvalue weighted by molar-refractivity contribution is 6.39. The first-order valence-corrected chi connectivity index (χ1v) is 9.39. The Balaban J connectivity index is 2.01. The number of hydrogen-bond acceptors (Lipinski definition) is 5. The van der Waals surface area contributed by atoms with Crippen molar-refractivity contribution in [1.82, 2.24) is 5.32 Å². The predicted molar refractivity (Wildman–Crippen MR) is 114 cm³/mol. The molecule has 9 heteroatoms. The molecule has 0 bridgehead atoms. The fourth-order valence-corrected chi connectivity index (χ4v) is 3.15. The Morgan fingerprint density at radius 3 is 2.47 bits per heavy atom. The van der Waals surface area contributed by atoms with E-state index in [1.807, 2.05) is 0 Å². The van der Waals surface area contributed by atoms with Crippen LogP contribution in [-0.4, -0.2) is 31.6 Å². The van der Waals surface area contributed by atoms with E-state index in [1.165, 1.54) is 43.5 Å². The van der Waals surface area contributed by atoms with E-state index in [0.29, 0.717) is 22.1 Å². The molecule has 4 amide bonds. The van der Waals surface area contributed by atoms with E-state index in [-0.39, 0.29) is 22.9 Å². The van der Waals surface area contributed by atoms with Crippen molar-refractivity contribution in [3.05, 3.63) is 70.2 Å². The average molecular weight is 447 g/mol.